The molecule has 10 heteroatoms. The van der Waals surface area contributed by atoms with E-state index in [2.05, 4.69) is 0 Å². The number of allylic oxidation sites excluding steroid dienone is 3. The van der Waals surface area contributed by atoms with E-state index in [9.17, 15) is 46.8 Å². The molecular weight excluding hydrogens is 550 g/mol. The fraction of sp³-hybridized carbons (Fsp3) is 0.806. The Labute approximate surface area is 247 Å². The number of alkyl halides is 6. The second-order valence-electron chi connectivity index (χ2n) is 12.3. The van der Waals surface area contributed by atoms with Gasteiger partial charge in [0, 0.05) is 14.6 Å². The molecule has 3 aliphatic carbocycles. The van der Waals surface area contributed by atoms with E-state index in [1.165, 1.54) is 0 Å². The number of hydrogen-bond acceptors (Lipinski definition) is 4. The molecule has 0 aliphatic heterocycles. The average Bonchev–Trinajstić information content (AvgIpc) is 3.25. The minimum atomic E-state index is -6.13. The van der Waals surface area contributed by atoms with E-state index in [0.29, 0.717) is 38.5 Å². The molecule has 0 radical (unpaired) electrons. The molecule has 4 nitrogen and oxygen atoms in total. The van der Waals surface area contributed by atoms with Gasteiger partial charge in [0.05, 0.1) is 17.8 Å². The smallest absolute Gasteiger partial charge is 0.393 e. The summed E-state index contributed by atoms with van der Waals surface area (Å²) in [5.41, 5.74) is -6.84. The fourth-order valence-electron chi connectivity index (χ4n) is 7.26. The number of hydrogen-bond donors (Lipinski definition) is 4. The molecule has 6 atom stereocenters. The summed E-state index contributed by atoms with van der Waals surface area (Å²) < 4.78 is 126. The van der Waals surface area contributed by atoms with Crippen molar-refractivity contribution in [3.63, 3.8) is 0 Å². The molecule has 0 saturated heterocycles. The Hall–Kier alpha value is -1.54. The zero-order valence-corrected chi connectivity index (χ0v) is 23.1. The molecule has 0 bridgehead atoms. The lowest BCUT2D eigenvalue weighted by Crippen LogP contribution is -2.55. The third-order valence-corrected chi connectivity index (χ3v) is 9.25. The van der Waals surface area contributed by atoms with Gasteiger partial charge in [0.1, 0.15) is 0 Å². The van der Waals surface area contributed by atoms with Gasteiger partial charge < -0.3 is 20.4 Å². The minimum Gasteiger partial charge on any atom is -0.393 e. The Balaban J connectivity index is 1.94. The van der Waals surface area contributed by atoms with Crippen LogP contribution in [-0.4, -0.2) is 56.2 Å². The second-order valence-corrected chi connectivity index (χ2v) is 12.3. The van der Waals surface area contributed by atoms with E-state index in [-0.39, 0.29) is 24.7 Å². The summed E-state index contributed by atoms with van der Waals surface area (Å²) in [5, 5.41) is 40.4. The minimum absolute atomic E-state index is 0.00374. The molecule has 3 rings (SSSR count). The van der Waals surface area contributed by atoms with Crippen molar-refractivity contribution >= 4 is 0 Å². The maximum absolute atomic E-state index is 13.3. The largest absolute Gasteiger partial charge is 0.438 e. The second kappa shape index (κ2) is 12.6. The first-order valence-electron chi connectivity index (χ1n) is 17.1. The van der Waals surface area contributed by atoms with E-state index in [4.69, 9.17) is 8.22 Å². The highest BCUT2D eigenvalue weighted by atomic mass is 19.4. The lowest BCUT2D eigenvalue weighted by atomic mass is 9.60. The van der Waals surface area contributed by atoms with Crippen LogP contribution >= 0.6 is 0 Å². The summed E-state index contributed by atoms with van der Waals surface area (Å²) in [5.74, 6) is 1.92. The van der Waals surface area contributed by atoms with Crippen LogP contribution in [-0.2, 0) is 0 Å². The van der Waals surface area contributed by atoms with Crippen LogP contribution in [0.3, 0.4) is 0 Å². The molecule has 0 spiro atoms. The zero-order valence-electron chi connectivity index (χ0n) is 29.1. The summed E-state index contributed by atoms with van der Waals surface area (Å²) in [6.07, 6.45) is -6.71. The van der Waals surface area contributed by atoms with Gasteiger partial charge in [-0.25, -0.2) is 0 Å². The lowest BCUT2D eigenvalue weighted by Gasteiger charge is -2.45. The van der Waals surface area contributed by atoms with E-state index in [0.717, 1.165) is 29.9 Å². The van der Waals surface area contributed by atoms with Gasteiger partial charge in [-0.15, -0.1) is 0 Å². The highest BCUT2D eigenvalue weighted by Crippen LogP contribution is 2.60. The first kappa shape index (κ1) is 25.9. The third kappa shape index (κ3) is 8.10. The van der Waals surface area contributed by atoms with Crippen molar-refractivity contribution in [1.82, 2.24) is 0 Å². The standard InChI is InChI=1S/C31H44F6O4/c1-27(2,40)14-4-7-21(9-6-16-29(41,30(32,33)34)31(35,36)37)25-12-13-26-22(8-5-15-28(25,26)3)11-10-20-17-23(38)19-24(39)18-20/h10-11,21,23-26,38-41H,4-5,7-9,12-15,17-19H2,1-3H3/t21-,23+,24+,25?,26?,28+/m0/s1/i1D3,2D3. The lowest BCUT2D eigenvalue weighted by molar-refractivity contribution is -0.343. The predicted molar refractivity (Wildman–Crippen MR) is 143 cm³/mol. The van der Waals surface area contributed by atoms with E-state index < -0.39 is 73.6 Å². The maximum Gasteiger partial charge on any atom is 0.438 e. The average molecular weight is 601 g/mol. The van der Waals surface area contributed by atoms with Crippen LogP contribution in [0.4, 0.5) is 26.3 Å². The van der Waals surface area contributed by atoms with Crippen molar-refractivity contribution in [2.45, 2.75) is 133 Å². The van der Waals surface area contributed by atoms with Crippen LogP contribution in [0, 0.1) is 35.0 Å². The van der Waals surface area contributed by atoms with Gasteiger partial charge in [-0.2, -0.15) is 26.3 Å². The molecule has 0 aromatic heterocycles. The third-order valence-electron chi connectivity index (χ3n) is 9.25. The molecule has 234 valence electrons. The van der Waals surface area contributed by atoms with Crippen LogP contribution in [0.15, 0.2) is 23.3 Å². The van der Waals surface area contributed by atoms with Crippen molar-refractivity contribution in [1.29, 1.82) is 0 Å². The first-order valence-corrected chi connectivity index (χ1v) is 14.1. The van der Waals surface area contributed by atoms with Crippen molar-refractivity contribution in [3.05, 3.63) is 23.3 Å². The Kier molecular flexibility index (Phi) is 7.96. The van der Waals surface area contributed by atoms with Crippen molar-refractivity contribution in [2.75, 3.05) is 0 Å². The van der Waals surface area contributed by atoms with Crippen LogP contribution in [0.2, 0.25) is 0 Å². The van der Waals surface area contributed by atoms with E-state index in [1.54, 1.807) is 0 Å². The van der Waals surface area contributed by atoms with Crippen LogP contribution < -0.4 is 0 Å². The van der Waals surface area contributed by atoms with Gasteiger partial charge in [0.25, 0.3) is 0 Å². The van der Waals surface area contributed by atoms with Gasteiger partial charge in [0.2, 0.25) is 0 Å². The zero-order chi connectivity index (χ0) is 35.9. The van der Waals surface area contributed by atoms with Gasteiger partial charge in [-0.05, 0) is 107 Å². The summed E-state index contributed by atoms with van der Waals surface area (Å²) in [6.45, 7) is -4.60. The number of halogens is 6. The summed E-state index contributed by atoms with van der Waals surface area (Å²) in [6, 6.07) is 0. The summed E-state index contributed by atoms with van der Waals surface area (Å²) in [4.78, 5) is 0. The molecule has 41 heavy (non-hydrogen) atoms. The SMILES string of the molecule is [2H]C([2H])([2H])C(O)(CCC[C@@H](CC#CC(O)(C(F)(F)F)C(F)(F)F)C1CCC2C(=CC=C3C[C@@H](O)C[C@H](O)C3)CCC[C@@]21C)C([2H])([2H])[2H]. The maximum atomic E-state index is 13.3. The Morgan fingerprint density at radius 3 is 2.24 bits per heavy atom. The van der Waals surface area contributed by atoms with Crippen molar-refractivity contribution in [2.24, 2.45) is 23.2 Å². The number of fused-ring (bicyclic) bond motifs is 1. The number of aliphatic hydroxyl groups excluding tert-OH is 2. The van der Waals surface area contributed by atoms with Crippen molar-refractivity contribution in [3.8, 4) is 11.8 Å². The van der Waals surface area contributed by atoms with Gasteiger partial charge in [-0.1, -0.05) is 42.6 Å². The Bertz CT molecular complexity index is 1190. The quantitative estimate of drug-likeness (QED) is 0.192. The van der Waals surface area contributed by atoms with Crippen LogP contribution in [0.25, 0.3) is 0 Å². The molecule has 3 saturated carbocycles. The first-order chi connectivity index (χ1) is 21.3. The molecule has 0 aromatic carbocycles. The molecule has 3 fully saturated rings. The van der Waals surface area contributed by atoms with E-state index >= 15 is 0 Å². The molecule has 2 unspecified atom stereocenters. The molecule has 3 aliphatic rings. The number of aliphatic hydroxyl groups is 4. The normalized spacial score (nSPS) is 34.2. The highest BCUT2D eigenvalue weighted by Gasteiger charge is 2.70. The van der Waals surface area contributed by atoms with Gasteiger partial charge in [0.15, 0.2) is 0 Å². The van der Waals surface area contributed by atoms with Crippen LogP contribution in [0.5, 0.6) is 0 Å². The van der Waals surface area contributed by atoms with Gasteiger partial charge in [-0.3, -0.25) is 0 Å². The summed E-state index contributed by atoms with van der Waals surface area (Å²) >= 11 is 0. The van der Waals surface area contributed by atoms with Crippen LogP contribution in [0.1, 0.15) is 106 Å². The molecule has 0 heterocycles. The summed E-state index contributed by atoms with van der Waals surface area (Å²) in [7, 11) is 0. The molecule has 0 amide bonds. The Morgan fingerprint density at radius 1 is 1.02 bits per heavy atom. The molecular formula is C31H44F6O4. The Morgan fingerprint density at radius 2 is 1.66 bits per heavy atom. The topological polar surface area (TPSA) is 80.9 Å². The monoisotopic (exact) mass is 600 g/mol. The van der Waals surface area contributed by atoms with Crippen molar-refractivity contribution < 1.29 is 55.0 Å². The number of rotatable bonds is 7. The predicted octanol–water partition coefficient (Wildman–Crippen LogP) is 6.77. The molecule has 4 N–H and O–H groups in total. The van der Waals surface area contributed by atoms with Gasteiger partial charge >= 0.3 is 18.0 Å². The fourth-order valence-corrected chi connectivity index (χ4v) is 7.26. The highest BCUT2D eigenvalue weighted by molar-refractivity contribution is 5.27. The molecule has 0 aromatic rings. The van der Waals surface area contributed by atoms with E-state index in [1.807, 2.05) is 25.0 Å².